The van der Waals surface area contributed by atoms with E-state index in [0.29, 0.717) is 17.8 Å². The summed E-state index contributed by atoms with van der Waals surface area (Å²) in [6, 6.07) is 6.06. The average Bonchev–Trinajstić information content (AvgIpc) is 2.78. The van der Waals surface area contributed by atoms with Gasteiger partial charge in [0, 0.05) is 12.2 Å². The highest BCUT2D eigenvalue weighted by Crippen LogP contribution is 2.22. The fourth-order valence-electron chi connectivity index (χ4n) is 1.41. The van der Waals surface area contributed by atoms with Crippen molar-refractivity contribution in [3.05, 3.63) is 30.2 Å². The number of rotatable bonds is 4. The monoisotopic (exact) mass is 235 g/mol. The van der Waals surface area contributed by atoms with Gasteiger partial charge in [0.25, 0.3) is 0 Å². The van der Waals surface area contributed by atoms with E-state index in [4.69, 9.17) is 15.4 Å². The number of aliphatic hydroxyl groups excluding tert-OH is 1. The van der Waals surface area contributed by atoms with Gasteiger partial charge in [-0.25, -0.2) is 0 Å². The molecule has 0 bridgehead atoms. The molecule has 0 saturated heterocycles. The quantitative estimate of drug-likeness (QED) is 0.724. The minimum absolute atomic E-state index is 0.0367. The van der Waals surface area contributed by atoms with Crippen LogP contribution >= 0.6 is 0 Å². The predicted molar refractivity (Wildman–Crippen MR) is 60.0 cm³/mol. The molecule has 0 spiro atoms. The van der Waals surface area contributed by atoms with Gasteiger partial charge in [0.1, 0.15) is 5.75 Å². The third-order valence-corrected chi connectivity index (χ3v) is 2.30. The van der Waals surface area contributed by atoms with E-state index < -0.39 is 6.04 Å². The van der Waals surface area contributed by atoms with Gasteiger partial charge < -0.3 is 20.5 Å². The number of aromatic hydroxyl groups is 1. The maximum Gasteiger partial charge on any atom is 0.243 e. The fraction of sp³-hybridized carbons (Fsp3) is 0.273. The van der Waals surface area contributed by atoms with Gasteiger partial charge >= 0.3 is 0 Å². The second kappa shape index (κ2) is 4.94. The molecular weight excluding hydrogens is 222 g/mol. The summed E-state index contributed by atoms with van der Waals surface area (Å²) in [5, 5.41) is 21.9. The molecule has 0 radical (unpaired) electrons. The predicted octanol–water partition coefficient (Wildman–Crippen LogP) is 0.824. The molecular formula is C11H13N3O3. The third kappa shape index (κ3) is 2.61. The third-order valence-electron chi connectivity index (χ3n) is 2.30. The van der Waals surface area contributed by atoms with Crippen molar-refractivity contribution in [3.8, 4) is 17.1 Å². The Balaban J connectivity index is 2.23. The molecule has 90 valence electrons. The van der Waals surface area contributed by atoms with Crippen LogP contribution in [0.15, 0.2) is 28.8 Å². The van der Waals surface area contributed by atoms with Crippen LogP contribution < -0.4 is 5.73 Å². The number of nitrogens with zero attached hydrogens (tertiary/aromatic N) is 2. The van der Waals surface area contributed by atoms with E-state index in [2.05, 4.69) is 10.1 Å². The van der Waals surface area contributed by atoms with Crippen molar-refractivity contribution in [1.82, 2.24) is 10.1 Å². The van der Waals surface area contributed by atoms with Crippen LogP contribution in [0, 0.1) is 0 Å². The number of hydrogen-bond donors (Lipinski definition) is 3. The Labute approximate surface area is 97.7 Å². The zero-order valence-corrected chi connectivity index (χ0v) is 9.08. The van der Waals surface area contributed by atoms with Gasteiger partial charge in [0.05, 0.1) is 6.04 Å². The van der Waals surface area contributed by atoms with E-state index in [-0.39, 0.29) is 18.2 Å². The summed E-state index contributed by atoms with van der Waals surface area (Å²) in [6.07, 6.45) is 0.363. The van der Waals surface area contributed by atoms with E-state index in [1.165, 1.54) is 6.07 Å². The standard InChI is InChI=1S/C11H13N3O3/c12-9(4-5-15)11-13-10(14-17-11)7-2-1-3-8(16)6-7/h1-3,6,9,15-16H,4-5,12H2. The highest BCUT2D eigenvalue weighted by molar-refractivity contribution is 5.56. The zero-order chi connectivity index (χ0) is 12.3. The first-order valence-electron chi connectivity index (χ1n) is 5.20. The molecule has 2 rings (SSSR count). The first-order valence-corrected chi connectivity index (χ1v) is 5.20. The SMILES string of the molecule is NC(CCO)c1nc(-c2cccc(O)c2)no1. The number of phenolic OH excluding ortho intramolecular Hbond substituents is 1. The first-order chi connectivity index (χ1) is 8.20. The van der Waals surface area contributed by atoms with Gasteiger partial charge in [-0.3, -0.25) is 0 Å². The molecule has 1 heterocycles. The molecule has 0 aliphatic carbocycles. The highest BCUT2D eigenvalue weighted by atomic mass is 16.5. The van der Waals surface area contributed by atoms with E-state index >= 15 is 0 Å². The lowest BCUT2D eigenvalue weighted by molar-refractivity contribution is 0.259. The molecule has 1 unspecified atom stereocenters. The number of nitrogens with two attached hydrogens (primary N) is 1. The minimum Gasteiger partial charge on any atom is -0.508 e. The average molecular weight is 235 g/mol. The first kappa shape index (κ1) is 11.6. The number of hydrogen-bond acceptors (Lipinski definition) is 6. The maximum absolute atomic E-state index is 9.33. The van der Waals surface area contributed by atoms with Gasteiger partial charge in [-0.1, -0.05) is 17.3 Å². The second-order valence-electron chi connectivity index (χ2n) is 3.63. The molecule has 17 heavy (non-hydrogen) atoms. The van der Waals surface area contributed by atoms with Crippen LogP contribution in [-0.2, 0) is 0 Å². The molecule has 0 amide bonds. The van der Waals surface area contributed by atoms with Crippen LogP contribution in [0.5, 0.6) is 5.75 Å². The fourth-order valence-corrected chi connectivity index (χ4v) is 1.41. The lowest BCUT2D eigenvalue weighted by Gasteiger charge is -2.01. The molecule has 4 N–H and O–H groups in total. The normalized spacial score (nSPS) is 12.6. The van der Waals surface area contributed by atoms with Crippen molar-refractivity contribution in [3.63, 3.8) is 0 Å². The number of phenols is 1. The molecule has 1 aromatic carbocycles. The van der Waals surface area contributed by atoms with E-state index in [1.54, 1.807) is 18.2 Å². The van der Waals surface area contributed by atoms with Crippen molar-refractivity contribution in [2.24, 2.45) is 5.73 Å². The minimum atomic E-state index is -0.474. The Morgan fingerprint density at radius 1 is 1.41 bits per heavy atom. The van der Waals surface area contributed by atoms with E-state index in [0.717, 1.165) is 0 Å². The Kier molecular flexibility index (Phi) is 3.36. The molecule has 6 nitrogen and oxygen atoms in total. The Morgan fingerprint density at radius 2 is 2.24 bits per heavy atom. The summed E-state index contributed by atoms with van der Waals surface area (Å²) in [4.78, 5) is 4.12. The summed E-state index contributed by atoms with van der Waals surface area (Å²) in [7, 11) is 0. The topological polar surface area (TPSA) is 105 Å². The van der Waals surface area contributed by atoms with Crippen LogP contribution in [0.1, 0.15) is 18.4 Å². The summed E-state index contributed by atoms with van der Waals surface area (Å²) in [6.45, 7) is -0.0367. The number of benzene rings is 1. The second-order valence-corrected chi connectivity index (χ2v) is 3.63. The van der Waals surface area contributed by atoms with E-state index in [9.17, 15) is 5.11 Å². The van der Waals surface area contributed by atoms with Gasteiger partial charge in [0.2, 0.25) is 11.7 Å². The number of aliphatic hydroxyl groups is 1. The van der Waals surface area contributed by atoms with Crippen LogP contribution in [0.3, 0.4) is 0 Å². The highest BCUT2D eigenvalue weighted by Gasteiger charge is 2.15. The lowest BCUT2D eigenvalue weighted by Crippen LogP contribution is -2.12. The Bertz CT molecular complexity index is 498. The molecule has 0 aliphatic rings. The van der Waals surface area contributed by atoms with Crippen molar-refractivity contribution in [2.75, 3.05) is 6.61 Å². The summed E-state index contributed by atoms with van der Waals surface area (Å²) in [5.41, 5.74) is 6.37. The lowest BCUT2D eigenvalue weighted by atomic mass is 10.2. The molecule has 2 aromatic rings. The van der Waals surface area contributed by atoms with Crippen LogP contribution in [0.25, 0.3) is 11.4 Å². The largest absolute Gasteiger partial charge is 0.508 e. The van der Waals surface area contributed by atoms with Gasteiger partial charge in [0.15, 0.2) is 0 Å². The smallest absolute Gasteiger partial charge is 0.243 e. The zero-order valence-electron chi connectivity index (χ0n) is 9.08. The number of aromatic nitrogens is 2. The Hall–Kier alpha value is -1.92. The van der Waals surface area contributed by atoms with Crippen LogP contribution in [0.2, 0.25) is 0 Å². The van der Waals surface area contributed by atoms with Crippen molar-refractivity contribution < 1.29 is 14.7 Å². The molecule has 6 heteroatoms. The van der Waals surface area contributed by atoms with Gasteiger partial charge in [-0.15, -0.1) is 0 Å². The molecule has 0 saturated carbocycles. The molecule has 1 atom stereocenters. The van der Waals surface area contributed by atoms with Gasteiger partial charge in [-0.2, -0.15) is 4.98 Å². The van der Waals surface area contributed by atoms with Crippen LogP contribution in [0.4, 0.5) is 0 Å². The molecule has 0 fully saturated rings. The van der Waals surface area contributed by atoms with Crippen molar-refractivity contribution in [1.29, 1.82) is 0 Å². The Morgan fingerprint density at radius 3 is 2.94 bits per heavy atom. The summed E-state index contributed by atoms with van der Waals surface area (Å²) >= 11 is 0. The van der Waals surface area contributed by atoms with Gasteiger partial charge in [-0.05, 0) is 18.6 Å². The summed E-state index contributed by atoms with van der Waals surface area (Å²) < 4.78 is 4.99. The maximum atomic E-state index is 9.33. The molecule has 0 aliphatic heterocycles. The van der Waals surface area contributed by atoms with Crippen molar-refractivity contribution >= 4 is 0 Å². The van der Waals surface area contributed by atoms with Crippen molar-refractivity contribution in [2.45, 2.75) is 12.5 Å². The van der Waals surface area contributed by atoms with Crippen LogP contribution in [-0.4, -0.2) is 27.0 Å². The van der Waals surface area contributed by atoms with E-state index in [1.807, 2.05) is 0 Å². The summed E-state index contributed by atoms with van der Waals surface area (Å²) in [5.74, 6) is 0.773. The molecule has 1 aromatic heterocycles.